The van der Waals surface area contributed by atoms with Crippen LogP contribution in [0.5, 0.6) is 5.75 Å². The number of carboxylic acids is 2. The van der Waals surface area contributed by atoms with Crippen molar-refractivity contribution >= 4 is 41.5 Å². The molecule has 0 saturated heterocycles. The van der Waals surface area contributed by atoms with Crippen LogP contribution in [0.3, 0.4) is 0 Å². The maximum atomic E-state index is 13.3. The molecule has 5 amide bonds. The molecular weight excluding hydrogens is 622 g/mol. The fourth-order valence-electron chi connectivity index (χ4n) is 4.28. The van der Waals surface area contributed by atoms with Crippen molar-refractivity contribution in [2.24, 2.45) is 17.2 Å². The quantitative estimate of drug-likeness (QED) is 0.0547. The van der Waals surface area contributed by atoms with E-state index in [-0.39, 0.29) is 18.6 Å². The number of phenolic OH excluding ortho intramolecular Hbond substituents is 1. The van der Waals surface area contributed by atoms with Crippen LogP contribution in [-0.4, -0.2) is 105 Å². The average molecular weight is 668 g/mol. The minimum Gasteiger partial charge on any atom is -0.508 e. The third-order valence-electron chi connectivity index (χ3n) is 6.96. The van der Waals surface area contributed by atoms with Crippen molar-refractivity contribution in [2.45, 2.75) is 94.6 Å². The second-order valence-electron chi connectivity index (χ2n) is 10.9. The zero-order valence-electron chi connectivity index (χ0n) is 26.0. The molecule has 6 atom stereocenters. The van der Waals surface area contributed by atoms with Crippen molar-refractivity contribution in [3.8, 4) is 5.75 Å². The number of carbonyl (C=O) groups excluding carboxylic acids is 5. The van der Waals surface area contributed by atoms with E-state index in [0.29, 0.717) is 24.9 Å². The van der Waals surface area contributed by atoms with Crippen molar-refractivity contribution in [1.29, 1.82) is 0 Å². The lowest BCUT2D eigenvalue weighted by atomic mass is 10.0. The monoisotopic (exact) mass is 667 g/mol. The Morgan fingerprint density at radius 2 is 1.21 bits per heavy atom. The lowest BCUT2D eigenvalue weighted by Crippen LogP contribution is -2.60. The summed E-state index contributed by atoms with van der Waals surface area (Å²) in [5.74, 6) is -7.57. The lowest BCUT2D eigenvalue weighted by Gasteiger charge is -2.27. The molecule has 0 aliphatic heterocycles. The van der Waals surface area contributed by atoms with Crippen LogP contribution in [0.2, 0.25) is 0 Å². The number of nitrogens with one attached hydrogen (secondary N) is 4. The van der Waals surface area contributed by atoms with Crippen LogP contribution in [0.15, 0.2) is 24.3 Å². The summed E-state index contributed by atoms with van der Waals surface area (Å²) in [4.78, 5) is 86.9. The molecule has 1 rings (SSSR count). The number of rotatable bonds is 22. The smallest absolute Gasteiger partial charge is 0.303 e. The number of hydrogen-bond acceptors (Lipinski definition) is 11. The number of phenols is 1. The van der Waals surface area contributed by atoms with Gasteiger partial charge in [0.2, 0.25) is 29.5 Å². The third kappa shape index (κ3) is 15.4. The molecule has 0 saturated carbocycles. The van der Waals surface area contributed by atoms with Gasteiger partial charge in [0.1, 0.15) is 29.9 Å². The molecule has 18 nitrogen and oxygen atoms in total. The molecular formula is C29H45N7O11. The second-order valence-corrected chi connectivity index (χ2v) is 10.9. The summed E-state index contributed by atoms with van der Waals surface area (Å²) >= 11 is 0. The van der Waals surface area contributed by atoms with Crippen molar-refractivity contribution in [3.05, 3.63) is 29.8 Å². The maximum absolute atomic E-state index is 13.3. The van der Waals surface area contributed by atoms with E-state index in [9.17, 15) is 54.0 Å². The fraction of sp³-hybridized carbons (Fsp3) is 0.552. The van der Waals surface area contributed by atoms with Gasteiger partial charge in [-0.3, -0.25) is 33.6 Å². The number of primary amides is 1. The van der Waals surface area contributed by atoms with Gasteiger partial charge in [0.05, 0.1) is 12.1 Å². The zero-order valence-corrected chi connectivity index (χ0v) is 26.0. The Bertz CT molecular complexity index is 1240. The normalized spacial score (nSPS) is 14.7. The van der Waals surface area contributed by atoms with Crippen molar-refractivity contribution < 1.29 is 54.0 Å². The lowest BCUT2D eigenvalue weighted by molar-refractivity contribution is -0.140. The minimum atomic E-state index is -1.63. The number of unbranched alkanes of at least 4 members (excludes halogenated alkanes) is 1. The van der Waals surface area contributed by atoms with E-state index in [1.807, 2.05) is 0 Å². The minimum absolute atomic E-state index is 0.0431. The number of aromatic hydroxyl groups is 1. The first-order chi connectivity index (χ1) is 22.0. The Balaban J connectivity index is 3.16. The summed E-state index contributed by atoms with van der Waals surface area (Å²) in [5.41, 5.74) is 17.2. The molecule has 14 N–H and O–H groups in total. The van der Waals surface area contributed by atoms with Crippen LogP contribution in [0.4, 0.5) is 0 Å². The van der Waals surface area contributed by atoms with Crippen LogP contribution in [0, 0.1) is 0 Å². The van der Waals surface area contributed by atoms with Crippen LogP contribution in [-0.2, 0) is 40.0 Å². The highest BCUT2D eigenvalue weighted by Gasteiger charge is 2.33. The van der Waals surface area contributed by atoms with Crippen LogP contribution in [0.1, 0.15) is 57.4 Å². The number of amides is 5. The SMILES string of the molecule is C[C@@H](O)[C@H](NC(=O)[C@@H](N)CCCCN)C(=O)N[C@@H](CCC(=O)O)C(=O)N[C@@H](CCC(=O)O)C(=O)N[C@@H](Cc1ccc(O)cc1)C(N)=O. The Labute approximate surface area is 270 Å². The first-order valence-electron chi connectivity index (χ1n) is 14.9. The standard InChI is InChI=1S/C29H45N7O11/c1-15(37)24(36-26(44)18(31)4-2-3-13-30)29(47)34-20(10-12-23(41)42)27(45)33-19(9-11-22(39)40)28(46)35-21(25(32)43)14-16-5-7-17(38)8-6-16/h5-8,15,18-21,24,37-38H,2-4,9-14,30-31H2,1H3,(H2,32,43)(H,33,45)(H,34,47)(H,35,46)(H,36,44)(H,39,40)(H,41,42)/t15-,18+,19+,20+,21+,24+/m1/s1. The molecule has 0 bridgehead atoms. The van der Waals surface area contributed by atoms with Gasteiger partial charge >= 0.3 is 11.9 Å². The van der Waals surface area contributed by atoms with Gasteiger partial charge in [-0.1, -0.05) is 18.6 Å². The second kappa shape index (κ2) is 20.3. The van der Waals surface area contributed by atoms with E-state index >= 15 is 0 Å². The molecule has 47 heavy (non-hydrogen) atoms. The van der Waals surface area contributed by atoms with Gasteiger partial charge < -0.3 is 58.9 Å². The Kier molecular flexibility index (Phi) is 17.4. The van der Waals surface area contributed by atoms with E-state index in [1.165, 1.54) is 31.2 Å². The van der Waals surface area contributed by atoms with Crippen LogP contribution >= 0.6 is 0 Å². The highest BCUT2D eigenvalue weighted by atomic mass is 16.4. The van der Waals surface area contributed by atoms with Gasteiger partial charge in [-0.2, -0.15) is 0 Å². The molecule has 1 aromatic carbocycles. The number of aliphatic hydroxyl groups excluding tert-OH is 1. The number of aliphatic hydroxyl groups is 1. The number of benzene rings is 1. The van der Waals surface area contributed by atoms with E-state index in [4.69, 9.17) is 17.2 Å². The number of nitrogens with two attached hydrogens (primary N) is 3. The third-order valence-corrected chi connectivity index (χ3v) is 6.96. The summed E-state index contributed by atoms with van der Waals surface area (Å²) in [6.07, 6.45) is -2.41. The van der Waals surface area contributed by atoms with Crippen molar-refractivity contribution in [3.63, 3.8) is 0 Å². The zero-order chi connectivity index (χ0) is 35.7. The molecule has 1 aromatic rings. The molecule has 18 heteroatoms. The van der Waals surface area contributed by atoms with E-state index < -0.39 is 103 Å². The number of carbonyl (C=O) groups is 7. The number of hydrogen-bond donors (Lipinski definition) is 11. The summed E-state index contributed by atoms with van der Waals surface area (Å²) in [6.45, 7) is 1.58. The molecule has 0 spiro atoms. The average Bonchev–Trinajstić information content (AvgIpc) is 2.99. The Morgan fingerprint density at radius 3 is 1.66 bits per heavy atom. The molecule has 0 heterocycles. The summed E-state index contributed by atoms with van der Waals surface area (Å²) in [5, 5.41) is 47.3. The van der Waals surface area contributed by atoms with E-state index in [1.54, 1.807) is 0 Å². The molecule has 0 aliphatic rings. The number of aliphatic carboxylic acids is 2. The van der Waals surface area contributed by atoms with Gasteiger partial charge in [0, 0.05) is 19.3 Å². The highest BCUT2D eigenvalue weighted by Crippen LogP contribution is 2.12. The highest BCUT2D eigenvalue weighted by molar-refractivity contribution is 5.96. The summed E-state index contributed by atoms with van der Waals surface area (Å²) in [7, 11) is 0. The largest absolute Gasteiger partial charge is 0.508 e. The van der Waals surface area contributed by atoms with Gasteiger partial charge in [0.25, 0.3) is 0 Å². The van der Waals surface area contributed by atoms with Crippen LogP contribution < -0.4 is 38.5 Å². The van der Waals surface area contributed by atoms with Gasteiger partial charge in [-0.05, 0) is 56.8 Å². The Morgan fingerprint density at radius 1 is 0.723 bits per heavy atom. The molecule has 0 aromatic heterocycles. The van der Waals surface area contributed by atoms with Gasteiger partial charge in [-0.15, -0.1) is 0 Å². The fourth-order valence-corrected chi connectivity index (χ4v) is 4.28. The summed E-state index contributed by atoms with van der Waals surface area (Å²) < 4.78 is 0. The van der Waals surface area contributed by atoms with Crippen molar-refractivity contribution in [1.82, 2.24) is 21.3 Å². The predicted molar refractivity (Wildman–Crippen MR) is 165 cm³/mol. The first-order valence-corrected chi connectivity index (χ1v) is 14.9. The molecule has 262 valence electrons. The molecule has 0 fully saturated rings. The molecule has 0 aliphatic carbocycles. The number of carboxylic acid groups (broad SMARTS) is 2. The summed E-state index contributed by atoms with van der Waals surface area (Å²) in [6, 6.07) is -1.49. The topological polar surface area (TPSA) is 327 Å². The van der Waals surface area contributed by atoms with Crippen LogP contribution in [0.25, 0.3) is 0 Å². The van der Waals surface area contributed by atoms with Gasteiger partial charge in [-0.25, -0.2) is 0 Å². The predicted octanol–water partition coefficient (Wildman–Crippen LogP) is -3.07. The molecule has 0 unspecified atom stereocenters. The molecule has 0 radical (unpaired) electrons. The van der Waals surface area contributed by atoms with Gasteiger partial charge in [0.15, 0.2) is 0 Å². The Hall–Kier alpha value is -4.81. The van der Waals surface area contributed by atoms with Crippen molar-refractivity contribution in [2.75, 3.05) is 6.54 Å². The first kappa shape index (κ1) is 40.2. The van der Waals surface area contributed by atoms with E-state index in [0.717, 1.165) is 0 Å². The van der Waals surface area contributed by atoms with E-state index in [2.05, 4.69) is 21.3 Å². The maximum Gasteiger partial charge on any atom is 0.303 e.